The highest BCUT2D eigenvalue weighted by molar-refractivity contribution is 6.30. The van der Waals surface area contributed by atoms with Gasteiger partial charge in [0.15, 0.2) is 5.69 Å². The van der Waals surface area contributed by atoms with Gasteiger partial charge in [-0.3, -0.25) is 0 Å². The molecule has 0 aromatic carbocycles. The summed E-state index contributed by atoms with van der Waals surface area (Å²) in [5, 5.41) is 0.392. The van der Waals surface area contributed by atoms with E-state index in [1.54, 1.807) is 13.8 Å². The number of aromatic nitrogens is 1. The number of ether oxygens (including phenoxy) is 1. The summed E-state index contributed by atoms with van der Waals surface area (Å²) >= 11 is 5.63. The Morgan fingerprint density at radius 1 is 1.64 bits per heavy atom. The molecule has 0 saturated carbocycles. The van der Waals surface area contributed by atoms with E-state index >= 15 is 0 Å². The van der Waals surface area contributed by atoms with Crippen LogP contribution in [0.1, 0.15) is 24.3 Å². The molecular weight excluding hydrogens is 204 g/mol. The van der Waals surface area contributed by atoms with Crippen LogP contribution in [0.5, 0.6) is 0 Å². The molecule has 0 bridgehead atoms. The van der Waals surface area contributed by atoms with Gasteiger partial charge in [0.25, 0.3) is 0 Å². The molecule has 0 radical (unpaired) electrons. The fourth-order valence-electron chi connectivity index (χ4n) is 0.895. The predicted octanol–water partition coefficient (Wildman–Crippen LogP) is 1.88. The largest absolute Gasteiger partial charge is 0.458 e. The van der Waals surface area contributed by atoms with Gasteiger partial charge in [-0.25, -0.2) is 9.78 Å². The highest BCUT2D eigenvalue weighted by atomic mass is 35.5. The number of rotatable bonds is 2. The summed E-state index contributed by atoms with van der Waals surface area (Å²) in [6.45, 7) is 3.51. The highest BCUT2D eigenvalue weighted by Crippen LogP contribution is 2.16. The third-order valence-corrected chi connectivity index (χ3v) is 1.63. The second-order valence-corrected chi connectivity index (χ2v) is 3.48. The van der Waals surface area contributed by atoms with E-state index in [1.165, 1.54) is 12.3 Å². The number of halogens is 1. The van der Waals surface area contributed by atoms with E-state index in [1.807, 2.05) is 0 Å². The minimum atomic E-state index is -0.533. The highest BCUT2D eigenvalue weighted by Gasteiger charge is 2.14. The lowest BCUT2D eigenvalue weighted by Crippen LogP contribution is -2.14. The number of carbonyl (C=O) groups excluding carboxylic acids is 1. The third kappa shape index (κ3) is 2.60. The molecular formula is C9H11ClN2O2. The molecule has 1 aromatic heterocycles. The lowest BCUT2D eigenvalue weighted by atomic mass is 10.3. The molecule has 14 heavy (non-hydrogen) atoms. The van der Waals surface area contributed by atoms with E-state index in [2.05, 4.69) is 4.98 Å². The first-order chi connectivity index (χ1) is 6.50. The van der Waals surface area contributed by atoms with Crippen LogP contribution in [0, 0.1) is 0 Å². The van der Waals surface area contributed by atoms with Gasteiger partial charge < -0.3 is 10.5 Å². The van der Waals surface area contributed by atoms with E-state index in [4.69, 9.17) is 22.1 Å². The third-order valence-electron chi connectivity index (χ3n) is 1.42. The zero-order valence-electron chi connectivity index (χ0n) is 7.95. The maximum Gasteiger partial charge on any atom is 0.359 e. The number of nitrogen functional groups attached to an aromatic ring is 1. The van der Waals surface area contributed by atoms with Crippen LogP contribution in [-0.4, -0.2) is 17.1 Å². The van der Waals surface area contributed by atoms with Gasteiger partial charge in [-0.05, 0) is 19.9 Å². The minimum Gasteiger partial charge on any atom is -0.458 e. The van der Waals surface area contributed by atoms with Crippen molar-refractivity contribution in [2.24, 2.45) is 0 Å². The zero-order valence-corrected chi connectivity index (χ0v) is 8.71. The number of hydrogen-bond acceptors (Lipinski definition) is 4. The van der Waals surface area contributed by atoms with Gasteiger partial charge in [0.05, 0.1) is 16.8 Å². The molecule has 76 valence electrons. The molecule has 5 heteroatoms. The molecule has 1 heterocycles. The first-order valence-electron chi connectivity index (χ1n) is 4.12. The summed E-state index contributed by atoms with van der Waals surface area (Å²) in [6.07, 6.45) is 1.16. The van der Waals surface area contributed by atoms with E-state index < -0.39 is 5.97 Å². The average molecular weight is 215 g/mol. The molecule has 1 aromatic rings. The SMILES string of the molecule is CC(C)OC(=O)c1ncc(Cl)cc1N. The number of hydrogen-bond donors (Lipinski definition) is 1. The summed E-state index contributed by atoms with van der Waals surface area (Å²) in [5.74, 6) is -0.533. The van der Waals surface area contributed by atoms with Crippen LogP contribution in [-0.2, 0) is 4.74 Å². The molecule has 1 rings (SSSR count). The summed E-state index contributed by atoms with van der Waals surface area (Å²) in [4.78, 5) is 15.2. The fraction of sp³-hybridized carbons (Fsp3) is 0.333. The van der Waals surface area contributed by atoms with Crippen LogP contribution in [0.25, 0.3) is 0 Å². The number of nitrogens with two attached hydrogens (primary N) is 1. The first-order valence-corrected chi connectivity index (χ1v) is 4.50. The van der Waals surface area contributed by atoms with Crippen molar-refractivity contribution in [2.75, 3.05) is 5.73 Å². The summed E-state index contributed by atoms with van der Waals surface area (Å²) in [6, 6.07) is 1.46. The van der Waals surface area contributed by atoms with Crippen LogP contribution >= 0.6 is 11.6 Å². The quantitative estimate of drug-likeness (QED) is 0.764. The monoisotopic (exact) mass is 214 g/mol. The van der Waals surface area contributed by atoms with Gasteiger partial charge in [0.1, 0.15) is 0 Å². The van der Waals surface area contributed by atoms with Crippen molar-refractivity contribution in [3.05, 3.63) is 23.0 Å². The standard InChI is InChI=1S/C9H11ClN2O2/c1-5(2)14-9(13)8-7(11)3-6(10)4-12-8/h3-5H,11H2,1-2H3. The number of esters is 1. The van der Waals surface area contributed by atoms with Crippen molar-refractivity contribution < 1.29 is 9.53 Å². The van der Waals surface area contributed by atoms with Crippen LogP contribution in [0.2, 0.25) is 5.02 Å². The van der Waals surface area contributed by atoms with Crippen molar-refractivity contribution in [3.63, 3.8) is 0 Å². The predicted molar refractivity (Wildman–Crippen MR) is 54.2 cm³/mol. The summed E-state index contributed by atoms with van der Waals surface area (Å²) in [5.41, 5.74) is 5.88. The Labute approximate surface area is 87.0 Å². The smallest absolute Gasteiger partial charge is 0.359 e. The molecule has 0 atom stereocenters. The Hall–Kier alpha value is -1.29. The van der Waals surface area contributed by atoms with Crippen LogP contribution < -0.4 is 5.73 Å². The van der Waals surface area contributed by atoms with Gasteiger partial charge >= 0.3 is 5.97 Å². The van der Waals surface area contributed by atoms with Gasteiger partial charge in [0.2, 0.25) is 0 Å². The number of nitrogens with zero attached hydrogens (tertiary/aromatic N) is 1. The molecule has 0 fully saturated rings. The molecule has 0 unspecified atom stereocenters. The molecule has 0 amide bonds. The second-order valence-electron chi connectivity index (χ2n) is 3.05. The van der Waals surface area contributed by atoms with Crippen molar-refractivity contribution in [1.82, 2.24) is 4.98 Å². The van der Waals surface area contributed by atoms with E-state index in [0.717, 1.165) is 0 Å². The Balaban J connectivity index is 2.90. The Bertz CT molecular complexity index is 353. The van der Waals surface area contributed by atoms with Gasteiger partial charge in [0, 0.05) is 6.20 Å². The lowest BCUT2D eigenvalue weighted by Gasteiger charge is -2.08. The topological polar surface area (TPSA) is 65.2 Å². The second kappa shape index (κ2) is 4.28. The van der Waals surface area contributed by atoms with Gasteiger partial charge in [-0.2, -0.15) is 0 Å². The maximum atomic E-state index is 11.4. The Morgan fingerprint density at radius 2 is 2.29 bits per heavy atom. The first kappa shape index (κ1) is 10.8. The van der Waals surface area contributed by atoms with Crippen LogP contribution in [0.3, 0.4) is 0 Å². The fourth-order valence-corrected chi connectivity index (χ4v) is 1.06. The summed E-state index contributed by atoms with van der Waals surface area (Å²) < 4.78 is 4.93. The number of carbonyl (C=O) groups is 1. The lowest BCUT2D eigenvalue weighted by molar-refractivity contribution is 0.0372. The summed E-state index contributed by atoms with van der Waals surface area (Å²) in [7, 11) is 0. The number of pyridine rings is 1. The molecule has 0 aliphatic rings. The van der Waals surface area contributed by atoms with E-state index in [0.29, 0.717) is 5.02 Å². The molecule has 0 aliphatic carbocycles. The maximum absolute atomic E-state index is 11.4. The van der Waals surface area contributed by atoms with Gasteiger partial charge in [-0.15, -0.1) is 0 Å². The van der Waals surface area contributed by atoms with Crippen molar-refractivity contribution in [1.29, 1.82) is 0 Å². The molecule has 2 N–H and O–H groups in total. The number of anilines is 1. The van der Waals surface area contributed by atoms with Crippen molar-refractivity contribution in [3.8, 4) is 0 Å². The van der Waals surface area contributed by atoms with Gasteiger partial charge in [-0.1, -0.05) is 11.6 Å². The normalized spacial score (nSPS) is 10.3. The van der Waals surface area contributed by atoms with E-state index in [-0.39, 0.29) is 17.5 Å². The zero-order chi connectivity index (χ0) is 10.7. The van der Waals surface area contributed by atoms with Crippen LogP contribution in [0.15, 0.2) is 12.3 Å². The van der Waals surface area contributed by atoms with E-state index in [9.17, 15) is 4.79 Å². The average Bonchev–Trinajstić information content (AvgIpc) is 2.01. The Morgan fingerprint density at radius 3 is 2.79 bits per heavy atom. The van der Waals surface area contributed by atoms with Crippen LogP contribution in [0.4, 0.5) is 5.69 Å². The molecule has 0 saturated heterocycles. The molecule has 0 aliphatic heterocycles. The minimum absolute atomic E-state index is 0.100. The van der Waals surface area contributed by atoms with Crippen molar-refractivity contribution >= 4 is 23.3 Å². The van der Waals surface area contributed by atoms with Crippen molar-refractivity contribution in [2.45, 2.75) is 20.0 Å². The molecule has 4 nitrogen and oxygen atoms in total. The Kier molecular flexibility index (Phi) is 3.30. The molecule has 0 spiro atoms.